The molecule has 176 valence electrons. The van der Waals surface area contributed by atoms with E-state index >= 15 is 0 Å². The second kappa shape index (κ2) is 10.2. The molecule has 3 rings (SSSR count). The van der Waals surface area contributed by atoms with E-state index in [4.69, 9.17) is 16.3 Å². The van der Waals surface area contributed by atoms with Gasteiger partial charge in [0.2, 0.25) is 0 Å². The highest BCUT2D eigenvalue weighted by atomic mass is 127. The number of carbonyl (C=O) groups is 2. The van der Waals surface area contributed by atoms with Crippen molar-refractivity contribution in [1.82, 2.24) is 9.88 Å². The zero-order valence-corrected chi connectivity index (χ0v) is 21.6. The molecule has 0 saturated carbocycles. The molecule has 1 amide bonds. The molecule has 0 spiro atoms. The standard InChI is InChI=1S/C23H26ClIN4O4/c1-23(2,3)33-22(32)27-15-8-6-10-28(13-15)20-16(11-26)18(25)19(21(30)31)29(20)12-14-7-4-5-9-17(14)24/h4-5,7,9,15H,6,8,10,12-13H2,1-3H3,(H,27,32)(H,30,31)/t15-/m1/s1. The van der Waals surface area contributed by atoms with E-state index in [0.717, 1.165) is 18.4 Å². The van der Waals surface area contributed by atoms with Crippen molar-refractivity contribution in [3.05, 3.63) is 49.7 Å². The average Bonchev–Trinajstić information content (AvgIpc) is 2.99. The summed E-state index contributed by atoms with van der Waals surface area (Å²) >= 11 is 8.27. The third kappa shape index (κ3) is 5.92. The van der Waals surface area contributed by atoms with Gasteiger partial charge in [0.15, 0.2) is 0 Å². The van der Waals surface area contributed by atoms with Gasteiger partial charge < -0.3 is 24.6 Å². The molecule has 2 aromatic rings. The number of hydrogen-bond donors (Lipinski definition) is 2. The van der Waals surface area contributed by atoms with Crippen LogP contribution in [0.5, 0.6) is 0 Å². The van der Waals surface area contributed by atoms with Crippen molar-refractivity contribution in [2.45, 2.75) is 51.8 Å². The number of nitrogens with zero attached hydrogens (tertiary/aromatic N) is 3. The van der Waals surface area contributed by atoms with Crippen molar-refractivity contribution in [2.75, 3.05) is 18.0 Å². The Kier molecular flexibility index (Phi) is 7.80. The van der Waals surface area contributed by atoms with Gasteiger partial charge in [0.25, 0.3) is 0 Å². The van der Waals surface area contributed by atoms with Crippen molar-refractivity contribution in [3.8, 4) is 6.07 Å². The Morgan fingerprint density at radius 3 is 2.67 bits per heavy atom. The van der Waals surface area contributed by atoms with Gasteiger partial charge in [-0.2, -0.15) is 5.26 Å². The van der Waals surface area contributed by atoms with Gasteiger partial charge in [0.1, 0.15) is 28.7 Å². The van der Waals surface area contributed by atoms with Gasteiger partial charge in [-0.3, -0.25) is 0 Å². The fraction of sp³-hybridized carbons (Fsp3) is 0.435. The van der Waals surface area contributed by atoms with Crippen LogP contribution in [-0.4, -0.2) is 46.5 Å². The minimum atomic E-state index is -1.12. The van der Waals surface area contributed by atoms with Gasteiger partial charge in [-0.25, -0.2) is 9.59 Å². The average molecular weight is 585 g/mol. The number of ether oxygens (including phenoxy) is 1. The van der Waals surface area contributed by atoms with E-state index in [1.165, 1.54) is 0 Å². The number of aromatic nitrogens is 1. The molecule has 1 fully saturated rings. The number of piperidine rings is 1. The largest absolute Gasteiger partial charge is 0.477 e. The van der Waals surface area contributed by atoms with Crippen molar-refractivity contribution >= 4 is 52.1 Å². The highest BCUT2D eigenvalue weighted by Gasteiger charge is 2.32. The summed E-state index contributed by atoms with van der Waals surface area (Å²) in [6, 6.07) is 9.21. The molecule has 33 heavy (non-hydrogen) atoms. The molecule has 2 N–H and O–H groups in total. The number of carboxylic acids is 1. The third-order valence-corrected chi connectivity index (χ3v) is 6.64. The lowest BCUT2D eigenvalue weighted by Gasteiger charge is -2.35. The maximum atomic E-state index is 12.3. The van der Waals surface area contributed by atoms with Crippen molar-refractivity contribution < 1.29 is 19.4 Å². The second-order valence-electron chi connectivity index (χ2n) is 8.89. The van der Waals surface area contributed by atoms with Gasteiger partial charge in [-0.1, -0.05) is 29.8 Å². The summed E-state index contributed by atoms with van der Waals surface area (Å²) in [5.74, 6) is -0.593. The molecule has 1 aliphatic rings. The molecule has 2 heterocycles. The number of rotatable bonds is 5. The maximum absolute atomic E-state index is 12.3. The van der Waals surface area contributed by atoms with Gasteiger partial charge >= 0.3 is 12.1 Å². The van der Waals surface area contributed by atoms with Gasteiger partial charge in [-0.05, 0) is 67.8 Å². The zero-order valence-electron chi connectivity index (χ0n) is 18.7. The first kappa shape index (κ1) is 25.2. The van der Waals surface area contributed by atoms with Gasteiger partial charge in [-0.15, -0.1) is 0 Å². The predicted molar refractivity (Wildman–Crippen MR) is 134 cm³/mol. The second-order valence-corrected chi connectivity index (χ2v) is 10.4. The highest BCUT2D eigenvalue weighted by molar-refractivity contribution is 14.1. The SMILES string of the molecule is CC(C)(C)OC(=O)N[C@@H]1CCCN(c2c(C#N)c(I)c(C(=O)O)n2Cc2ccccc2Cl)C1. The molecule has 0 radical (unpaired) electrons. The fourth-order valence-electron chi connectivity index (χ4n) is 3.93. The number of carbonyl (C=O) groups excluding carboxylic acids is 1. The normalized spacial score (nSPS) is 16.2. The number of nitrogens with one attached hydrogen (secondary N) is 1. The van der Waals surface area contributed by atoms with Crippen LogP contribution in [0.15, 0.2) is 24.3 Å². The number of alkyl carbamates (subject to hydrolysis) is 1. The van der Waals surface area contributed by atoms with Crippen LogP contribution in [0.1, 0.15) is 55.2 Å². The summed E-state index contributed by atoms with van der Waals surface area (Å²) in [7, 11) is 0. The quantitative estimate of drug-likeness (QED) is 0.486. The van der Waals surface area contributed by atoms with Gasteiger partial charge in [0, 0.05) is 24.2 Å². The first-order valence-electron chi connectivity index (χ1n) is 10.5. The van der Waals surface area contributed by atoms with Crippen LogP contribution < -0.4 is 10.2 Å². The molecule has 1 aliphatic heterocycles. The lowest BCUT2D eigenvalue weighted by atomic mass is 10.1. The summed E-state index contributed by atoms with van der Waals surface area (Å²) in [6.07, 6.45) is 1.02. The summed E-state index contributed by atoms with van der Waals surface area (Å²) < 4.78 is 7.40. The van der Waals surface area contributed by atoms with Crippen LogP contribution in [0.4, 0.5) is 10.6 Å². The summed E-state index contributed by atoms with van der Waals surface area (Å²) in [4.78, 5) is 26.4. The van der Waals surface area contributed by atoms with Crippen LogP contribution in [-0.2, 0) is 11.3 Å². The topological polar surface area (TPSA) is 108 Å². The highest BCUT2D eigenvalue weighted by Crippen LogP contribution is 2.34. The third-order valence-electron chi connectivity index (χ3n) is 5.22. The number of hydrogen-bond acceptors (Lipinski definition) is 5. The number of benzene rings is 1. The molecule has 0 aliphatic carbocycles. The van der Waals surface area contributed by atoms with Crippen LogP contribution in [0, 0.1) is 14.9 Å². The molecule has 0 bridgehead atoms. The summed E-state index contributed by atoms with van der Waals surface area (Å²) in [5.41, 5.74) is 0.490. The Bertz CT molecular complexity index is 1100. The fourth-order valence-corrected chi connectivity index (χ4v) is 5.00. The smallest absolute Gasteiger partial charge is 0.407 e. The molecule has 8 nitrogen and oxygen atoms in total. The number of nitriles is 1. The number of amides is 1. The Labute approximate surface area is 211 Å². The van der Waals surface area contributed by atoms with E-state index in [-0.39, 0.29) is 18.3 Å². The first-order valence-corrected chi connectivity index (χ1v) is 12.0. The maximum Gasteiger partial charge on any atom is 0.407 e. The van der Waals surface area contributed by atoms with Crippen molar-refractivity contribution in [2.24, 2.45) is 0 Å². The number of carboxylic acid groups (broad SMARTS) is 1. The molecule has 1 aromatic carbocycles. The summed E-state index contributed by atoms with van der Waals surface area (Å²) in [5, 5.41) is 23.3. The monoisotopic (exact) mass is 584 g/mol. The van der Waals surface area contributed by atoms with E-state index < -0.39 is 17.7 Å². The van der Waals surface area contributed by atoms with Gasteiger partial charge in [0.05, 0.1) is 10.1 Å². The Hall–Kier alpha value is -2.45. The molecule has 1 aromatic heterocycles. The first-order chi connectivity index (χ1) is 15.5. The number of halogens is 2. The van der Waals surface area contributed by atoms with Crippen molar-refractivity contribution in [3.63, 3.8) is 0 Å². The number of anilines is 1. The van der Waals surface area contributed by atoms with E-state index in [1.807, 2.05) is 45.7 Å². The zero-order chi connectivity index (χ0) is 24.3. The Morgan fingerprint density at radius 1 is 1.36 bits per heavy atom. The van der Waals surface area contributed by atoms with E-state index in [9.17, 15) is 20.0 Å². The predicted octanol–water partition coefficient (Wildman–Crippen LogP) is 4.86. The van der Waals surface area contributed by atoms with Crippen molar-refractivity contribution in [1.29, 1.82) is 5.26 Å². The minimum absolute atomic E-state index is 0.0456. The van der Waals surface area contributed by atoms with Crippen LogP contribution in [0.2, 0.25) is 5.02 Å². The Morgan fingerprint density at radius 2 is 2.06 bits per heavy atom. The molecule has 1 saturated heterocycles. The molecule has 1 atom stereocenters. The van der Waals surface area contributed by atoms with E-state index in [1.54, 1.807) is 31.4 Å². The minimum Gasteiger partial charge on any atom is -0.477 e. The van der Waals surface area contributed by atoms with Crippen LogP contribution in [0.25, 0.3) is 0 Å². The van der Waals surface area contributed by atoms with Crippen LogP contribution in [0.3, 0.4) is 0 Å². The van der Waals surface area contributed by atoms with Crippen LogP contribution >= 0.6 is 34.2 Å². The Balaban J connectivity index is 1.98. The lowest BCUT2D eigenvalue weighted by molar-refractivity contribution is 0.0499. The molecule has 0 unspecified atom stereocenters. The number of aromatic carboxylic acids is 1. The summed E-state index contributed by atoms with van der Waals surface area (Å²) in [6.45, 7) is 6.66. The molecule has 10 heteroatoms. The molecular weight excluding hydrogens is 559 g/mol. The lowest BCUT2D eigenvalue weighted by Crippen LogP contribution is -2.49. The van der Waals surface area contributed by atoms with E-state index in [0.29, 0.717) is 33.1 Å². The van der Waals surface area contributed by atoms with E-state index in [2.05, 4.69) is 11.4 Å². The molecular formula is C23H26ClIN4O4.